The van der Waals surface area contributed by atoms with Gasteiger partial charge in [0.1, 0.15) is 0 Å². The van der Waals surface area contributed by atoms with E-state index in [9.17, 15) is 4.79 Å². The molecule has 0 spiro atoms. The first-order valence-corrected chi connectivity index (χ1v) is 10.4. The number of benzene rings is 1. The molecule has 0 aliphatic heterocycles. The summed E-state index contributed by atoms with van der Waals surface area (Å²) in [7, 11) is 0. The van der Waals surface area contributed by atoms with Gasteiger partial charge < -0.3 is 9.47 Å². The molecular weight excluding hydrogens is 332 g/mol. The fraction of sp³-hybridized carbons (Fsp3) is 0.542. The number of amides is 1. The Morgan fingerprint density at radius 3 is 2.52 bits per heavy atom. The van der Waals surface area contributed by atoms with E-state index in [0.29, 0.717) is 12.6 Å². The van der Waals surface area contributed by atoms with Crippen molar-refractivity contribution in [2.45, 2.75) is 78.9 Å². The molecule has 1 fully saturated rings. The highest BCUT2D eigenvalue weighted by atomic mass is 16.2. The Morgan fingerprint density at radius 2 is 1.85 bits per heavy atom. The van der Waals surface area contributed by atoms with E-state index in [4.69, 9.17) is 0 Å². The summed E-state index contributed by atoms with van der Waals surface area (Å²) in [6, 6.07) is 13.3. The van der Waals surface area contributed by atoms with Crippen LogP contribution in [0.2, 0.25) is 0 Å². The minimum Gasteiger partial charge on any atom is -0.345 e. The molecular formula is C24H34N2O. The van der Waals surface area contributed by atoms with Crippen molar-refractivity contribution in [2.24, 2.45) is 5.41 Å². The molecule has 1 amide bonds. The largest absolute Gasteiger partial charge is 0.345 e. The Balaban J connectivity index is 1.81. The molecule has 3 nitrogen and oxygen atoms in total. The van der Waals surface area contributed by atoms with Crippen molar-refractivity contribution < 1.29 is 4.79 Å². The van der Waals surface area contributed by atoms with Crippen molar-refractivity contribution >= 4 is 5.91 Å². The first kappa shape index (κ1) is 19.7. The predicted octanol–water partition coefficient (Wildman–Crippen LogP) is 5.55. The summed E-state index contributed by atoms with van der Waals surface area (Å²) in [6.45, 7) is 9.81. The van der Waals surface area contributed by atoms with Gasteiger partial charge >= 0.3 is 0 Å². The van der Waals surface area contributed by atoms with Crippen LogP contribution >= 0.6 is 0 Å². The number of hydrogen-bond donors (Lipinski definition) is 0. The normalized spacial score (nSPS) is 15.7. The Labute approximate surface area is 164 Å². The van der Waals surface area contributed by atoms with Crippen LogP contribution in [-0.2, 0) is 17.9 Å². The zero-order valence-corrected chi connectivity index (χ0v) is 17.4. The minimum atomic E-state index is -0.342. The number of aryl methyl sites for hydroxylation is 1. The number of carbonyl (C=O) groups excluding carboxylic acids is 1. The molecule has 0 saturated heterocycles. The van der Waals surface area contributed by atoms with Gasteiger partial charge in [0.25, 0.3) is 0 Å². The van der Waals surface area contributed by atoms with Crippen molar-refractivity contribution in [1.29, 1.82) is 0 Å². The van der Waals surface area contributed by atoms with Crippen molar-refractivity contribution in [3.05, 3.63) is 59.4 Å². The van der Waals surface area contributed by atoms with Crippen LogP contribution < -0.4 is 0 Å². The Kier molecular flexibility index (Phi) is 6.08. The monoisotopic (exact) mass is 366 g/mol. The molecule has 2 aromatic rings. The second kappa shape index (κ2) is 8.33. The van der Waals surface area contributed by atoms with Crippen molar-refractivity contribution in [2.75, 3.05) is 0 Å². The lowest BCUT2D eigenvalue weighted by Crippen LogP contribution is -2.46. The zero-order valence-electron chi connectivity index (χ0n) is 17.4. The minimum absolute atomic E-state index is 0.276. The third-order valence-electron chi connectivity index (χ3n) is 5.61. The van der Waals surface area contributed by atoms with E-state index in [1.807, 2.05) is 20.8 Å². The molecule has 0 radical (unpaired) electrons. The maximum atomic E-state index is 13.2. The highest BCUT2D eigenvalue weighted by Gasteiger charge is 2.33. The van der Waals surface area contributed by atoms with Gasteiger partial charge in [-0.1, -0.05) is 69.9 Å². The van der Waals surface area contributed by atoms with Crippen molar-refractivity contribution in [3.63, 3.8) is 0 Å². The summed E-state index contributed by atoms with van der Waals surface area (Å²) in [5.74, 6) is 0.276. The van der Waals surface area contributed by atoms with Gasteiger partial charge in [0.15, 0.2) is 0 Å². The van der Waals surface area contributed by atoms with Crippen LogP contribution in [0.15, 0.2) is 42.6 Å². The topological polar surface area (TPSA) is 25.2 Å². The van der Waals surface area contributed by atoms with Crippen LogP contribution in [0.5, 0.6) is 0 Å². The summed E-state index contributed by atoms with van der Waals surface area (Å²) in [5.41, 5.74) is 3.47. The van der Waals surface area contributed by atoms with E-state index in [0.717, 1.165) is 19.4 Å². The van der Waals surface area contributed by atoms with Crippen LogP contribution in [0.4, 0.5) is 0 Å². The van der Waals surface area contributed by atoms with E-state index >= 15 is 0 Å². The summed E-state index contributed by atoms with van der Waals surface area (Å²) < 4.78 is 2.29. The molecule has 0 bridgehead atoms. The van der Waals surface area contributed by atoms with Crippen molar-refractivity contribution in [3.8, 4) is 0 Å². The van der Waals surface area contributed by atoms with Crippen LogP contribution in [0.25, 0.3) is 0 Å². The van der Waals surface area contributed by atoms with Crippen molar-refractivity contribution in [1.82, 2.24) is 9.47 Å². The number of hydrogen-bond acceptors (Lipinski definition) is 1. The molecule has 0 unspecified atom stereocenters. The van der Waals surface area contributed by atoms with E-state index in [1.165, 1.54) is 36.1 Å². The molecule has 0 atom stereocenters. The first-order valence-electron chi connectivity index (χ1n) is 10.4. The molecule has 0 N–H and O–H groups in total. The molecule has 1 aromatic carbocycles. The second-order valence-corrected chi connectivity index (χ2v) is 9.09. The molecule has 1 aliphatic rings. The smallest absolute Gasteiger partial charge is 0.228 e. The number of aromatic nitrogens is 1. The average Bonchev–Trinajstić information content (AvgIpc) is 3.06. The van der Waals surface area contributed by atoms with E-state index in [2.05, 4.69) is 59.0 Å². The summed E-state index contributed by atoms with van der Waals surface area (Å²) in [5, 5.41) is 0. The zero-order chi connectivity index (χ0) is 19.4. The number of nitrogens with zero attached hydrogens (tertiary/aromatic N) is 2. The van der Waals surface area contributed by atoms with Gasteiger partial charge in [0, 0.05) is 29.9 Å². The molecule has 146 valence electrons. The summed E-state index contributed by atoms with van der Waals surface area (Å²) >= 11 is 0. The van der Waals surface area contributed by atoms with Gasteiger partial charge in [-0.15, -0.1) is 0 Å². The second-order valence-electron chi connectivity index (χ2n) is 9.09. The van der Waals surface area contributed by atoms with Gasteiger partial charge in [-0.2, -0.15) is 0 Å². The first-order chi connectivity index (χ1) is 12.8. The number of carbonyl (C=O) groups is 1. The summed E-state index contributed by atoms with van der Waals surface area (Å²) in [6.07, 6.45) is 8.20. The highest BCUT2D eigenvalue weighted by molar-refractivity contribution is 5.81. The fourth-order valence-electron chi connectivity index (χ4n) is 4.12. The van der Waals surface area contributed by atoms with E-state index in [-0.39, 0.29) is 11.3 Å². The van der Waals surface area contributed by atoms with Gasteiger partial charge in [-0.05, 0) is 37.5 Å². The molecule has 1 aromatic heterocycles. The molecule has 3 rings (SSSR count). The summed E-state index contributed by atoms with van der Waals surface area (Å²) in [4.78, 5) is 15.4. The maximum Gasteiger partial charge on any atom is 0.228 e. The lowest BCUT2D eigenvalue weighted by atomic mass is 9.89. The average molecular weight is 367 g/mol. The van der Waals surface area contributed by atoms with Crippen LogP contribution in [0.1, 0.15) is 69.7 Å². The standard InChI is InChI=1S/C24H34N2O/c1-19-10-8-11-20(16-19)17-25-15-9-14-22(25)18-26(23(27)24(2,3)4)21-12-6-5-7-13-21/h8-11,14-16,21H,5-7,12-13,17-18H2,1-4H3. The molecule has 1 heterocycles. The van der Waals surface area contributed by atoms with Gasteiger partial charge in [0.2, 0.25) is 5.91 Å². The highest BCUT2D eigenvalue weighted by Crippen LogP contribution is 2.29. The number of rotatable bonds is 5. The lowest BCUT2D eigenvalue weighted by molar-refractivity contribution is -0.143. The predicted molar refractivity (Wildman–Crippen MR) is 112 cm³/mol. The van der Waals surface area contributed by atoms with E-state index < -0.39 is 0 Å². The molecule has 27 heavy (non-hydrogen) atoms. The molecule has 1 saturated carbocycles. The van der Waals surface area contributed by atoms with E-state index in [1.54, 1.807) is 0 Å². The van der Waals surface area contributed by atoms with Crippen LogP contribution in [0, 0.1) is 12.3 Å². The third kappa shape index (κ3) is 5.03. The third-order valence-corrected chi connectivity index (χ3v) is 5.61. The SMILES string of the molecule is Cc1cccc(Cn2cccc2CN(C(=O)C(C)(C)C)C2CCCCC2)c1. The Bertz CT molecular complexity index is 763. The Hall–Kier alpha value is -2.03. The lowest BCUT2D eigenvalue weighted by Gasteiger charge is -2.38. The van der Waals surface area contributed by atoms with Crippen LogP contribution in [-0.4, -0.2) is 21.4 Å². The Morgan fingerprint density at radius 1 is 1.11 bits per heavy atom. The van der Waals surface area contributed by atoms with Crippen LogP contribution in [0.3, 0.4) is 0 Å². The maximum absolute atomic E-state index is 13.2. The van der Waals surface area contributed by atoms with Gasteiger partial charge in [0.05, 0.1) is 6.54 Å². The molecule has 1 aliphatic carbocycles. The fourth-order valence-corrected chi connectivity index (χ4v) is 4.12. The molecule has 3 heteroatoms. The van der Waals surface area contributed by atoms with Gasteiger partial charge in [-0.25, -0.2) is 0 Å². The quantitative estimate of drug-likeness (QED) is 0.681. The van der Waals surface area contributed by atoms with Gasteiger partial charge in [-0.3, -0.25) is 4.79 Å².